The molecule has 1 saturated carbocycles. The summed E-state index contributed by atoms with van der Waals surface area (Å²) in [7, 11) is 1.90. The van der Waals surface area contributed by atoms with E-state index < -0.39 is 0 Å². The van der Waals surface area contributed by atoms with Crippen LogP contribution in [-0.4, -0.2) is 29.7 Å². The van der Waals surface area contributed by atoms with Gasteiger partial charge in [-0.3, -0.25) is 9.59 Å². The number of Topliss-reactive ketones (excluding diaryl/α,β-unsaturated/α-hetero) is 1. The van der Waals surface area contributed by atoms with E-state index in [0.29, 0.717) is 18.9 Å². The summed E-state index contributed by atoms with van der Waals surface area (Å²) in [5.74, 6) is 0.208. The van der Waals surface area contributed by atoms with Gasteiger partial charge in [-0.15, -0.1) is 11.3 Å². The van der Waals surface area contributed by atoms with Crippen molar-refractivity contribution < 1.29 is 9.59 Å². The van der Waals surface area contributed by atoms with Gasteiger partial charge in [-0.1, -0.05) is 25.7 Å². The monoisotopic (exact) mass is 307 g/mol. The van der Waals surface area contributed by atoms with Gasteiger partial charge in [-0.25, -0.2) is 0 Å². The van der Waals surface area contributed by atoms with E-state index in [4.69, 9.17) is 0 Å². The molecule has 3 nitrogen and oxygen atoms in total. The Labute approximate surface area is 131 Å². The lowest BCUT2D eigenvalue weighted by Gasteiger charge is -2.27. The zero-order valence-electron chi connectivity index (χ0n) is 13.1. The van der Waals surface area contributed by atoms with Crippen LogP contribution in [0.5, 0.6) is 0 Å². The molecule has 1 aromatic heterocycles. The van der Waals surface area contributed by atoms with Crippen molar-refractivity contribution in [3.05, 3.63) is 21.9 Å². The van der Waals surface area contributed by atoms with Gasteiger partial charge in [0.25, 0.3) is 0 Å². The molecule has 0 N–H and O–H groups in total. The number of carbonyl (C=O) groups is 2. The molecule has 1 aromatic rings. The number of ketones is 1. The first-order chi connectivity index (χ1) is 10.1. The lowest BCUT2D eigenvalue weighted by molar-refractivity contribution is -0.132. The molecule has 1 fully saturated rings. The minimum absolute atomic E-state index is 0.0933. The number of hydrogen-bond donors (Lipinski definition) is 0. The fraction of sp³-hybridized carbons (Fsp3) is 0.647. The summed E-state index contributed by atoms with van der Waals surface area (Å²) < 4.78 is 0. The number of rotatable bonds is 5. The van der Waals surface area contributed by atoms with Crippen LogP contribution in [-0.2, 0) is 4.79 Å². The van der Waals surface area contributed by atoms with Crippen molar-refractivity contribution in [2.24, 2.45) is 0 Å². The van der Waals surface area contributed by atoms with Gasteiger partial charge in [0.2, 0.25) is 5.91 Å². The summed E-state index contributed by atoms with van der Waals surface area (Å²) in [5.41, 5.74) is 0. The molecule has 0 saturated heterocycles. The Balaban J connectivity index is 1.81. The zero-order chi connectivity index (χ0) is 15.2. The van der Waals surface area contributed by atoms with Crippen molar-refractivity contribution >= 4 is 23.0 Å². The van der Waals surface area contributed by atoms with E-state index >= 15 is 0 Å². The molecule has 116 valence electrons. The van der Waals surface area contributed by atoms with Crippen LogP contribution in [0.1, 0.15) is 65.9 Å². The van der Waals surface area contributed by atoms with Crippen molar-refractivity contribution in [2.45, 2.75) is 64.3 Å². The summed E-state index contributed by atoms with van der Waals surface area (Å²) >= 11 is 1.51. The minimum atomic E-state index is 0.0933. The number of nitrogens with zero attached hydrogens (tertiary/aromatic N) is 1. The van der Waals surface area contributed by atoms with Gasteiger partial charge in [-0.05, 0) is 31.9 Å². The number of hydrogen-bond acceptors (Lipinski definition) is 3. The molecule has 0 unspecified atom stereocenters. The van der Waals surface area contributed by atoms with Gasteiger partial charge in [-0.2, -0.15) is 0 Å². The van der Waals surface area contributed by atoms with Crippen LogP contribution < -0.4 is 0 Å². The van der Waals surface area contributed by atoms with E-state index in [1.54, 1.807) is 0 Å². The Morgan fingerprint density at radius 1 is 1.14 bits per heavy atom. The second-order valence-electron chi connectivity index (χ2n) is 5.98. The van der Waals surface area contributed by atoms with Gasteiger partial charge < -0.3 is 4.90 Å². The van der Waals surface area contributed by atoms with E-state index in [9.17, 15) is 9.59 Å². The average Bonchev–Trinajstić information content (AvgIpc) is 2.75. The number of aryl methyl sites for hydroxylation is 1. The SMILES string of the molecule is Cc1ccc(C(=O)CCC(=O)N(C)C2CCCCCC2)s1. The molecular weight excluding hydrogens is 282 g/mol. The van der Waals surface area contributed by atoms with Gasteiger partial charge in [0.15, 0.2) is 5.78 Å². The highest BCUT2D eigenvalue weighted by Gasteiger charge is 2.21. The van der Waals surface area contributed by atoms with Crippen LogP contribution in [0.2, 0.25) is 0 Å². The first kappa shape index (κ1) is 16.2. The predicted octanol–water partition coefficient (Wildman–Crippen LogP) is 4.20. The molecular formula is C17H25NO2S. The van der Waals surface area contributed by atoms with Crippen LogP contribution in [0, 0.1) is 6.92 Å². The molecule has 0 spiro atoms. The summed E-state index contributed by atoms with van der Waals surface area (Å²) in [5, 5.41) is 0. The quantitative estimate of drug-likeness (QED) is 0.604. The average molecular weight is 307 g/mol. The Morgan fingerprint density at radius 2 is 1.81 bits per heavy atom. The van der Waals surface area contributed by atoms with Crippen molar-refractivity contribution in [3.63, 3.8) is 0 Å². The molecule has 1 aliphatic carbocycles. The highest BCUT2D eigenvalue weighted by atomic mass is 32.1. The van der Waals surface area contributed by atoms with Crippen LogP contribution in [0.4, 0.5) is 0 Å². The zero-order valence-corrected chi connectivity index (χ0v) is 13.9. The van der Waals surface area contributed by atoms with Crippen molar-refractivity contribution in [2.75, 3.05) is 7.05 Å². The van der Waals surface area contributed by atoms with E-state index in [1.165, 1.54) is 37.0 Å². The lowest BCUT2D eigenvalue weighted by Crippen LogP contribution is -2.36. The van der Waals surface area contributed by atoms with E-state index in [-0.39, 0.29) is 11.7 Å². The molecule has 1 amide bonds. The second-order valence-corrected chi connectivity index (χ2v) is 7.27. The number of carbonyl (C=O) groups excluding carboxylic acids is 2. The van der Waals surface area contributed by atoms with Crippen LogP contribution in [0.25, 0.3) is 0 Å². The van der Waals surface area contributed by atoms with E-state index in [2.05, 4.69) is 0 Å². The molecule has 0 radical (unpaired) electrons. The topological polar surface area (TPSA) is 37.4 Å². The summed E-state index contributed by atoms with van der Waals surface area (Å²) in [6.45, 7) is 1.99. The third-order valence-electron chi connectivity index (χ3n) is 4.35. The molecule has 4 heteroatoms. The van der Waals surface area contributed by atoms with Gasteiger partial charge in [0, 0.05) is 30.8 Å². The molecule has 1 heterocycles. The highest BCUT2D eigenvalue weighted by molar-refractivity contribution is 7.14. The molecule has 0 bridgehead atoms. The molecule has 0 atom stereocenters. The Kier molecular flexibility index (Phi) is 5.97. The molecule has 2 rings (SSSR count). The van der Waals surface area contributed by atoms with Crippen LogP contribution in [0.3, 0.4) is 0 Å². The van der Waals surface area contributed by atoms with E-state index in [0.717, 1.165) is 22.6 Å². The Bertz CT molecular complexity index is 487. The first-order valence-corrected chi connectivity index (χ1v) is 8.75. The van der Waals surface area contributed by atoms with Gasteiger partial charge in [0.1, 0.15) is 0 Å². The largest absolute Gasteiger partial charge is 0.343 e. The maximum absolute atomic E-state index is 12.3. The second kappa shape index (κ2) is 7.74. The smallest absolute Gasteiger partial charge is 0.223 e. The highest BCUT2D eigenvalue weighted by Crippen LogP contribution is 2.22. The molecule has 1 aliphatic rings. The predicted molar refractivity (Wildman–Crippen MR) is 86.9 cm³/mol. The number of thiophene rings is 1. The van der Waals surface area contributed by atoms with Crippen LogP contribution >= 0.6 is 11.3 Å². The maximum Gasteiger partial charge on any atom is 0.223 e. The van der Waals surface area contributed by atoms with Crippen LogP contribution in [0.15, 0.2) is 12.1 Å². The fourth-order valence-corrected chi connectivity index (χ4v) is 3.79. The first-order valence-electron chi connectivity index (χ1n) is 7.93. The van der Waals surface area contributed by atoms with E-state index in [1.807, 2.05) is 31.0 Å². The standard InChI is InChI=1S/C17H25NO2S/c1-13-9-11-16(21-13)15(19)10-12-17(20)18(2)14-7-5-3-4-6-8-14/h9,11,14H,3-8,10,12H2,1-2H3. The summed E-state index contributed by atoms with van der Waals surface area (Å²) in [6, 6.07) is 4.19. The van der Waals surface area contributed by atoms with Gasteiger partial charge >= 0.3 is 0 Å². The van der Waals surface area contributed by atoms with Crippen molar-refractivity contribution in [3.8, 4) is 0 Å². The van der Waals surface area contributed by atoms with Gasteiger partial charge in [0.05, 0.1) is 4.88 Å². The van der Waals surface area contributed by atoms with Crippen molar-refractivity contribution in [1.29, 1.82) is 0 Å². The fourth-order valence-electron chi connectivity index (χ4n) is 2.95. The summed E-state index contributed by atoms with van der Waals surface area (Å²) in [6.07, 6.45) is 7.90. The summed E-state index contributed by atoms with van der Waals surface area (Å²) in [4.78, 5) is 28.1. The normalized spacial score (nSPS) is 16.5. The number of amides is 1. The molecule has 21 heavy (non-hydrogen) atoms. The molecule has 0 aromatic carbocycles. The third kappa shape index (κ3) is 4.67. The Hall–Kier alpha value is -1.16. The molecule has 0 aliphatic heterocycles. The maximum atomic E-state index is 12.3. The Morgan fingerprint density at radius 3 is 2.38 bits per heavy atom. The van der Waals surface area contributed by atoms with Crippen molar-refractivity contribution in [1.82, 2.24) is 4.90 Å². The third-order valence-corrected chi connectivity index (χ3v) is 5.39. The minimum Gasteiger partial charge on any atom is -0.343 e. The lowest BCUT2D eigenvalue weighted by atomic mass is 10.1.